The molecule has 0 aliphatic carbocycles. The zero-order valence-electron chi connectivity index (χ0n) is 13.6. The third kappa shape index (κ3) is 3.46. The number of H-pyrrole nitrogens is 1. The number of carbonyl (C=O) groups is 1. The third-order valence-corrected chi connectivity index (χ3v) is 4.75. The van der Waals surface area contributed by atoms with E-state index in [2.05, 4.69) is 20.5 Å². The number of para-hydroxylation sites is 1. The molecule has 1 amide bonds. The molecule has 0 bridgehead atoms. The highest BCUT2D eigenvalue weighted by molar-refractivity contribution is 7.13. The second-order valence-electron chi connectivity index (χ2n) is 5.60. The summed E-state index contributed by atoms with van der Waals surface area (Å²) in [6.45, 7) is 4.33. The van der Waals surface area contributed by atoms with Crippen molar-refractivity contribution >= 4 is 22.9 Å². The summed E-state index contributed by atoms with van der Waals surface area (Å²) in [6, 6.07) is 7.59. The Morgan fingerprint density at radius 3 is 2.83 bits per heavy atom. The second kappa shape index (κ2) is 6.84. The van der Waals surface area contributed by atoms with Crippen LogP contribution in [0.15, 0.2) is 29.6 Å². The average molecular weight is 341 g/mol. The molecular weight excluding hydrogens is 322 g/mol. The molecule has 6 nitrogen and oxygen atoms in total. The Hall–Kier alpha value is -2.67. The molecule has 3 rings (SSSR count). The van der Waals surface area contributed by atoms with Gasteiger partial charge in [-0.15, -0.1) is 11.3 Å². The smallest absolute Gasteiger partial charge is 0.226 e. The third-order valence-electron chi connectivity index (χ3n) is 3.83. The van der Waals surface area contributed by atoms with E-state index in [-0.39, 0.29) is 12.3 Å². The number of thiazole rings is 1. The highest BCUT2D eigenvalue weighted by Crippen LogP contribution is 2.28. The number of nitrogen functional groups attached to an aromatic ring is 1. The maximum atomic E-state index is 12.1. The van der Waals surface area contributed by atoms with Gasteiger partial charge >= 0.3 is 0 Å². The molecule has 0 unspecified atom stereocenters. The first-order chi connectivity index (χ1) is 11.5. The normalized spacial score (nSPS) is 10.8. The van der Waals surface area contributed by atoms with E-state index in [1.165, 1.54) is 11.3 Å². The number of aryl methyl sites for hydroxylation is 2. The highest BCUT2D eigenvalue weighted by atomic mass is 32.1. The van der Waals surface area contributed by atoms with Gasteiger partial charge in [-0.25, -0.2) is 4.98 Å². The summed E-state index contributed by atoms with van der Waals surface area (Å²) in [5.41, 5.74) is 11.2. The van der Waals surface area contributed by atoms with E-state index in [1.54, 1.807) is 0 Å². The van der Waals surface area contributed by atoms with Gasteiger partial charge in [-0.3, -0.25) is 9.89 Å². The molecule has 4 N–H and O–H groups in total. The molecule has 0 atom stereocenters. The Bertz CT molecular complexity index is 848. The van der Waals surface area contributed by atoms with Crippen LogP contribution in [0, 0.1) is 13.8 Å². The second-order valence-corrected chi connectivity index (χ2v) is 6.46. The first kappa shape index (κ1) is 16.2. The van der Waals surface area contributed by atoms with Gasteiger partial charge < -0.3 is 11.1 Å². The molecule has 2 heterocycles. The number of nitrogens with zero attached hydrogens (tertiary/aromatic N) is 2. The van der Waals surface area contributed by atoms with Crippen LogP contribution in [-0.2, 0) is 17.8 Å². The highest BCUT2D eigenvalue weighted by Gasteiger charge is 2.12. The van der Waals surface area contributed by atoms with Crippen LogP contribution in [0.1, 0.15) is 22.6 Å². The van der Waals surface area contributed by atoms with E-state index in [1.807, 2.05) is 43.5 Å². The number of carbonyl (C=O) groups excluding carboxylic acids is 1. The minimum absolute atomic E-state index is 0.0621. The Morgan fingerprint density at radius 1 is 1.33 bits per heavy atom. The van der Waals surface area contributed by atoms with Crippen LogP contribution < -0.4 is 11.1 Å². The lowest BCUT2D eigenvalue weighted by molar-refractivity contribution is -0.120. The molecule has 0 saturated carbocycles. The van der Waals surface area contributed by atoms with Crippen molar-refractivity contribution in [2.24, 2.45) is 0 Å². The Balaban J connectivity index is 1.63. The van der Waals surface area contributed by atoms with Crippen LogP contribution >= 0.6 is 11.3 Å². The monoisotopic (exact) mass is 341 g/mol. The maximum absolute atomic E-state index is 12.1. The van der Waals surface area contributed by atoms with Crippen molar-refractivity contribution in [3.8, 4) is 10.6 Å². The predicted molar refractivity (Wildman–Crippen MR) is 95.6 cm³/mol. The summed E-state index contributed by atoms with van der Waals surface area (Å²) >= 11 is 1.49. The predicted octanol–water partition coefficient (Wildman–Crippen LogP) is 2.59. The van der Waals surface area contributed by atoms with E-state index in [4.69, 9.17) is 5.73 Å². The molecule has 2 aromatic heterocycles. The van der Waals surface area contributed by atoms with Crippen molar-refractivity contribution < 1.29 is 4.79 Å². The summed E-state index contributed by atoms with van der Waals surface area (Å²) in [5, 5.41) is 12.7. The molecule has 3 aromatic rings. The van der Waals surface area contributed by atoms with Crippen molar-refractivity contribution in [2.75, 3.05) is 5.73 Å². The lowest BCUT2D eigenvalue weighted by Gasteiger charge is -2.04. The molecule has 24 heavy (non-hydrogen) atoms. The molecule has 0 spiro atoms. The molecular formula is C17H19N5OS. The average Bonchev–Trinajstić information content (AvgIpc) is 3.13. The number of nitrogens with two attached hydrogens (primary N) is 1. The lowest BCUT2D eigenvalue weighted by atomic mass is 10.2. The van der Waals surface area contributed by atoms with Gasteiger partial charge in [0.2, 0.25) is 5.91 Å². The van der Waals surface area contributed by atoms with Crippen molar-refractivity contribution in [1.82, 2.24) is 20.5 Å². The van der Waals surface area contributed by atoms with Crippen LogP contribution in [0.2, 0.25) is 0 Å². The summed E-state index contributed by atoms with van der Waals surface area (Å²) in [6.07, 6.45) is 0.249. The number of nitrogens with one attached hydrogen (secondary N) is 2. The Labute approximate surface area is 144 Å². The van der Waals surface area contributed by atoms with E-state index in [0.717, 1.165) is 33.2 Å². The fraction of sp³-hybridized carbons (Fsp3) is 0.235. The Kier molecular flexibility index (Phi) is 4.61. The number of hydrogen-bond acceptors (Lipinski definition) is 5. The molecule has 0 aliphatic rings. The summed E-state index contributed by atoms with van der Waals surface area (Å²) in [4.78, 5) is 16.7. The van der Waals surface area contributed by atoms with Gasteiger partial charge in [0.15, 0.2) is 0 Å². The van der Waals surface area contributed by atoms with E-state index < -0.39 is 0 Å². The maximum Gasteiger partial charge on any atom is 0.226 e. The molecule has 0 saturated heterocycles. The van der Waals surface area contributed by atoms with Gasteiger partial charge in [0, 0.05) is 34.4 Å². The van der Waals surface area contributed by atoms with Gasteiger partial charge in [-0.05, 0) is 26.0 Å². The Morgan fingerprint density at radius 2 is 2.12 bits per heavy atom. The van der Waals surface area contributed by atoms with Crippen LogP contribution in [0.4, 0.5) is 5.69 Å². The number of aromatic nitrogens is 3. The van der Waals surface area contributed by atoms with E-state index in [9.17, 15) is 4.79 Å². The quantitative estimate of drug-likeness (QED) is 0.621. The van der Waals surface area contributed by atoms with Gasteiger partial charge in [0.05, 0.1) is 17.8 Å². The molecule has 124 valence electrons. The van der Waals surface area contributed by atoms with Gasteiger partial charge in [-0.2, -0.15) is 5.10 Å². The van der Waals surface area contributed by atoms with Crippen LogP contribution in [0.25, 0.3) is 10.6 Å². The lowest BCUT2D eigenvalue weighted by Crippen LogP contribution is -2.25. The fourth-order valence-electron chi connectivity index (χ4n) is 2.45. The first-order valence-electron chi connectivity index (χ1n) is 7.61. The fourth-order valence-corrected chi connectivity index (χ4v) is 3.32. The van der Waals surface area contributed by atoms with Gasteiger partial charge in [0.25, 0.3) is 0 Å². The molecule has 7 heteroatoms. The number of aromatic amines is 1. The summed E-state index contributed by atoms with van der Waals surface area (Å²) in [5.74, 6) is -0.0621. The molecule has 0 radical (unpaired) electrons. The van der Waals surface area contributed by atoms with Crippen molar-refractivity contribution in [3.63, 3.8) is 0 Å². The molecule has 0 fully saturated rings. The van der Waals surface area contributed by atoms with Crippen LogP contribution in [0.5, 0.6) is 0 Å². The molecule has 0 aliphatic heterocycles. The van der Waals surface area contributed by atoms with Gasteiger partial charge in [-0.1, -0.05) is 12.1 Å². The largest absolute Gasteiger partial charge is 0.398 e. The zero-order chi connectivity index (χ0) is 17.1. The number of amides is 1. The van der Waals surface area contributed by atoms with Crippen molar-refractivity contribution in [3.05, 3.63) is 52.3 Å². The van der Waals surface area contributed by atoms with Crippen LogP contribution in [0.3, 0.4) is 0 Å². The van der Waals surface area contributed by atoms with Crippen molar-refractivity contribution in [1.29, 1.82) is 0 Å². The van der Waals surface area contributed by atoms with E-state index in [0.29, 0.717) is 12.2 Å². The summed E-state index contributed by atoms with van der Waals surface area (Å²) in [7, 11) is 0. The van der Waals surface area contributed by atoms with Crippen LogP contribution in [-0.4, -0.2) is 21.1 Å². The SMILES string of the molecule is Cc1n[nH]c(C)c1CNC(=O)Cc1csc(-c2ccccc2N)n1. The van der Waals surface area contributed by atoms with Crippen molar-refractivity contribution in [2.45, 2.75) is 26.8 Å². The number of benzene rings is 1. The van der Waals surface area contributed by atoms with Gasteiger partial charge in [0.1, 0.15) is 5.01 Å². The number of anilines is 1. The zero-order valence-corrected chi connectivity index (χ0v) is 14.4. The summed E-state index contributed by atoms with van der Waals surface area (Å²) < 4.78 is 0. The minimum Gasteiger partial charge on any atom is -0.398 e. The minimum atomic E-state index is -0.0621. The topological polar surface area (TPSA) is 96.7 Å². The first-order valence-corrected chi connectivity index (χ1v) is 8.49. The number of rotatable bonds is 5. The van der Waals surface area contributed by atoms with E-state index >= 15 is 0 Å². The standard InChI is InChI=1S/C17H19N5OS/c1-10-14(11(2)22-21-10)8-19-16(23)7-12-9-24-17(20-12)13-5-3-4-6-15(13)18/h3-6,9H,7-8,18H2,1-2H3,(H,19,23)(H,21,22). The number of hydrogen-bond donors (Lipinski definition) is 3. The molecule has 1 aromatic carbocycles.